The first-order chi connectivity index (χ1) is 12.5. The van der Waals surface area contributed by atoms with Crippen molar-refractivity contribution < 1.29 is 14.7 Å². The third-order valence-electron chi connectivity index (χ3n) is 4.86. The summed E-state index contributed by atoms with van der Waals surface area (Å²) in [6.07, 6.45) is 2.72. The van der Waals surface area contributed by atoms with E-state index in [-0.39, 0.29) is 30.0 Å². The van der Waals surface area contributed by atoms with Crippen molar-refractivity contribution in [2.45, 2.75) is 44.7 Å². The first kappa shape index (κ1) is 18.5. The molecule has 5 heteroatoms. The lowest BCUT2D eigenvalue weighted by Gasteiger charge is -2.30. The molecule has 1 unspecified atom stereocenters. The summed E-state index contributed by atoms with van der Waals surface area (Å²) in [5.41, 5.74) is 1.90. The molecule has 4 nitrogen and oxygen atoms in total. The molecule has 0 radical (unpaired) electrons. The van der Waals surface area contributed by atoms with Gasteiger partial charge in [0.2, 0.25) is 5.91 Å². The molecule has 26 heavy (non-hydrogen) atoms. The van der Waals surface area contributed by atoms with E-state index in [0.717, 1.165) is 18.4 Å². The second-order valence-corrected chi connectivity index (χ2v) is 7.10. The third-order valence-corrected chi connectivity index (χ3v) is 5.20. The second kappa shape index (κ2) is 7.92. The predicted molar refractivity (Wildman–Crippen MR) is 101 cm³/mol. The molecule has 0 saturated heterocycles. The molecule has 2 aromatic rings. The van der Waals surface area contributed by atoms with Crippen LogP contribution in [-0.4, -0.2) is 27.9 Å². The standard InChI is InChI=1S/C21H22ClNO3/c1-14(17-7-4-5-9-19(17)22)23(16-11-12-16)20(24)13-10-15-6-2-3-8-18(15)21(25)26/h2-9,14,16H,10-13H2,1H3,(H,25,26). The number of rotatable bonds is 7. The molecule has 3 rings (SSSR count). The summed E-state index contributed by atoms with van der Waals surface area (Å²) in [5, 5.41) is 9.96. The van der Waals surface area contributed by atoms with E-state index in [1.807, 2.05) is 36.1 Å². The summed E-state index contributed by atoms with van der Waals surface area (Å²) < 4.78 is 0. The van der Waals surface area contributed by atoms with Gasteiger partial charge in [-0.05, 0) is 49.4 Å². The number of carbonyl (C=O) groups excluding carboxylic acids is 1. The molecular weight excluding hydrogens is 350 g/mol. The Labute approximate surface area is 158 Å². The van der Waals surface area contributed by atoms with Crippen LogP contribution in [0.3, 0.4) is 0 Å². The maximum atomic E-state index is 12.9. The summed E-state index contributed by atoms with van der Waals surface area (Å²) in [7, 11) is 0. The Morgan fingerprint density at radius 2 is 1.81 bits per heavy atom. The van der Waals surface area contributed by atoms with Crippen molar-refractivity contribution in [3.8, 4) is 0 Å². The van der Waals surface area contributed by atoms with Crippen molar-refractivity contribution >= 4 is 23.5 Å². The normalized spacial score (nSPS) is 14.7. The number of amides is 1. The van der Waals surface area contributed by atoms with Crippen molar-refractivity contribution in [3.63, 3.8) is 0 Å². The van der Waals surface area contributed by atoms with Crippen LogP contribution < -0.4 is 0 Å². The van der Waals surface area contributed by atoms with Gasteiger partial charge < -0.3 is 10.0 Å². The lowest BCUT2D eigenvalue weighted by Crippen LogP contribution is -2.35. The van der Waals surface area contributed by atoms with Gasteiger partial charge in [-0.1, -0.05) is 48.0 Å². The van der Waals surface area contributed by atoms with Gasteiger partial charge in [-0.2, -0.15) is 0 Å². The van der Waals surface area contributed by atoms with Crippen LogP contribution >= 0.6 is 11.6 Å². The van der Waals surface area contributed by atoms with Crippen LogP contribution in [0.2, 0.25) is 5.02 Å². The fourth-order valence-corrected chi connectivity index (χ4v) is 3.66. The minimum absolute atomic E-state index is 0.0418. The summed E-state index contributed by atoms with van der Waals surface area (Å²) in [6, 6.07) is 14.6. The number of carboxylic acids is 1. The Hall–Kier alpha value is -2.33. The fourth-order valence-electron chi connectivity index (χ4n) is 3.37. The van der Waals surface area contributed by atoms with E-state index in [1.54, 1.807) is 24.3 Å². The van der Waals surface area contributed by atoms with Crippen molar-refractivity contribution in [1.29, 1.82) is 0 Å². The Morgan fingerprint density at radius 1 is 1.15 bits per heavy atom. The van der Waals surface area contributed by atoms with Gasteiger partial charge in [0.25, 0.3) is 0 Å². The number of hydrogen-bond acceptors (Lipinski definition) is 2. The van der Waals surface area contributed by atoms with Crippen LogP contribution in [0.1, 0.15) is 53.7 Å². The second-order valence-electron chi connectivity index (χ2n) is 6.69. The van der Waals surface area contributed by atoms with Gasteiger partial charge in [0.1, 0.15) is 0 Å². The molecule has 0 bridgehead atoms. The van der Waals surface area contributed by atoms with E-state index in [2.05, 4.69) is 0 Å². The molecule has 1 aliphatic rings. The highest BCUT2D eigenvalue weighted by Crippen LogP contribution is 2.37. The minimum Gasteiger partial charge on any atom is -0.478 e. The number of aromatic carboxylic acids is 1. The van der Waals surface area contributed by atoms with Crippen LogP contribution in [0.4, 0.5) is 0 Å². The topological polar surface area (TPSA) is 57.6 Å². The van der Waals surface area contributed by atoms with Gasteiger partial charge in [-0.3, -0.25) is 4.79 Å². The molecule has 1 atom stereocenters. The molecule has 0 spiro atoms. The Morgan fingerprint density at radius 3 is 2.46 bits per heavy atom. The van der Waals surface area contributed by atoms with Crippen LogP contribution in [-0.2, 0) is 11.2 Å². The molecule has 1 amide bonds. The minimum atomic E-state index is -0.962. The van der Waals surface area contributed by atoms with E-state index >= 15 is 0 Å². The number of nitrogens with zero attached hydrogens (tertiary/aromatic N) is 1. The molecular formula is C21H22ClNO3. The number of halogens is 1. The summed E-state index contributed by atoms with van der Waals surface area (Å²) in [6.45, 7) is 2.00. The number of aryl methyl sites for hydroxylation is 1. The molecule has 0 heterocycles. The average molecular weight is 372 g/mol. The molecule has 1 N–H and O–H groups in total. The number of carbonyl (C=O) groups is 2. The van der Waals surface area contributed by atoms with E-state index in [4.69, 9.17) is 11.6 Å². The molecule has 1 fully saturated rings. The molecule has 136 valence electrons. The van der Waals surface area contributed by atoms with Crippen LogP contribution in [0.25, 0.3) is 0 Å². The molecule has 0 aromatic heterocycles. The van der Waals surface area contributed by atoms with Crippen LogP contribution in [0.15, 0.2) is 48.5 Å². The predicted octanol–water partition coefficient (Wildman–Crippen LogP) is 4.72. The van der Waals surface area contributed by atoms with Gasteiger partial charge in [0.15, 0.2) is 0 Å². The summed E-state index contributed by atoms with van der Waals surface area (Å²) >= 11 is 6.32. The van der Waals surface area contributed by atoms with Crippen molar-refractivity contribution in [3.05, 3.63) is 70.2 Å². The molecule has 1 saturated carbocycles. The first-order valence-electron chi connectivity index (χ1n) is 8.86. The number of carboxylic acid groups (broad SMARTS) is 1. The Bertz CT molecular complexity index is 816. The Balaban J connectivity index is 1.74. The van der Waals surface area contributed by atoms with Gasteiger partial charge >= 0.3 is 5.97 Å². The average Bonchev–Trinajstić information content (AvgIpc) is 3.45. The first-order valence-corrected chi connectivity index (χ1v) is 9.23. The smallest absolute Gasteiger partial charge is 0.335 e. The van der Waals surface area contributed by atoms with E-state index in [9.17, 15) is 14.7 Å². The maximum Gasteiger partial charge on any atom is 0.335 e. The zero-order valence-corrected chi connectivity index (χ0v) is 15.4. The highest BCUT2D eigenvalue weighted by Gasteiger charge is 2.36. The highest BCUT2D eigenvalue weighted by atomic mass is 35.5. The summed E-state index contributed by atoms with van der Waals surface area (Å²) in [4.78, 5) is 26.2. The van der Waals surface area contributed by atoms with Gasteiger partial charge in [0.05, 0.1) is 11.6 Å². The van der Waals surface area contributed by atoms with Gasteiger partial charge in [-0.15, -0.1) is 0 Å². The third kappa shape index (κ3) is 4.07. The zero-order chi connectivity index (χ0) is 18.7. The SMILES string of the molecule is CC(c1ccccc1Cl)N(C(=O)CCc1ccccc1C(=O)O)C1CC1. The Kier molecular flexibility index (Phi) is 5.62. The van der Waals surface area contributed by atoms with Crippen molar-refractivity contribution in [2.24, 2.45) is 0 Å². The molecule has 2 aromatic carbocycles. The van der Waals surface area contributed by atoms with Crippen LogP contribution in [0, 0.1) is 0 Å². The molecule has 1 aliphatic carbocycles. The highest BCUT2D eigenvalue weighted by molar-refractivity contribution is 6.31. The van der Waals surface area contributed by atoms with Gasteiger partial charge in [0, 0.05) is 17.5 Å². The van der Waals surface area contributed by atoms with E-state index in [1.165, 1.54) is 0 Å². The van der Waals surface area contributed by atoms with Gasteiger partial charge in [-0.25, -0.2) is 4.79 Å². The lowest BCUT2D eigenvalue weighted by atomic mass is 10.0. The molecule has 0 aliphatic heterocycles. The maximum absolute atomic E-state index is 12.9. The fraction of sp³-hybridized carbons (Fsp3) is 0.333. The summed E-state index contributed by atoms with van der Waals surface area (Å²) in [5.74, 6) is -0.920. The lowest BCUT2D eigenvalue weighted by molar-refractivity contribution is -0.134. The largest absolute Gasteiger partial charge is 0.478 e. The quantitative estimate of drug-likeness (QED) is 0.765. The monoisotopic (exact) mass is 371 g/mol. The zero-order valence-electron chi connectivity index (χ0n) is 14.7. The van der Waals surface area contributed by atoms with Crippen molar-refractivity contribution in [1.82, 2.24) is 4.90 Å². The van der Waals surface area contributed by atoms with E-state index in [0.29, 0.717) is 17.0 Å². The van der Waals surface area contributed by atoms with E-state index < -0.39 is 5.97 Å². The van der Waals surface area contributed by atoms with Crippen molar-refractivity contribution in [2.75, 3.05) is 0 Å². The number of hydrogen-bond donors (Lipinski definition) is 1. The number of benzene rings is 2. The van der Waals surface area contributed by atoms with Crippen LogP contribution in [0.5, 0.6) is 0 Å².